The Bertz CT molecular complexity index is 1350. The van der Waals surface area contributed by atoms with Crippen molar-refractivity contribution in [3.8, 4) is 0 Å². The van der Waals surface area contributed by atoms with Crippen LogP contribution in [0.2, 0.25) is 0 Å². The Morgan fingerprint density at radius 1 is 1.15 bits per heavy atom. The lowest BCUT2D eigenvalue weighted by Gasteiger charge is -2.33. The van der Waals surface area contributed by atoms with E-state index in [9.17, 15) is 19.5 Å². The van der Waals surface area contributed by atoms with Crippen molar-refractivity contribution in [3.05, 3.63) is 53.2 Å². The van der Waals surface area contributed by atoms with Crippen LogP contribution in [-0.2, 0) is 18.3 Å². The molecule has 4 N–H and O–H groups in total. The van der Waals surface area contributed by atoms with Gasteiger partial charge in [-0.1, -0.05) is 51.3 Å². The van der Waals surface area contributed by atoms with Gasteiger partial charge in [-0.15, -0.1) is 0 Å². The van der Waals surface area contributed by atoms with Gasteiger partial charge in [-0.05, 0) is 43.7 Å². The Hall–Kier alpha value is -3.82. The first-order chi connectivity index (χ1) is 19.0. The smallest absolute Gasteiger partial charge is 0.356 e. The van der Waals surface area contributed by atoms with Crippen molar-refractivity contribution in [2.75, 3.05) is 7.05 Å². The number of hydrogen-bond donors (Lipinski definition) is 4. The Kier molecular flexibility index (Phi) is 9.17. The summed E-state index contributed by atoms with van der Waals surface area (Å²) in [6.07, 6.45) is 8.23. The van der Waals surface area contributed by atoms with E-state index in [0.29, 0.717) is 24.4 Å². The highest BCUT2D eigenvalue weighted by Gasteiger charge is 2.30. The number of benzene rings is 1. The molecule has 3 amide bonds. The molecule has 0 bridgehead atoms. The Morgan fingerprint density at radius 2 is 1.85 bits per heavy atom. The number of amides is 3. The predicted octanol–water partition coefficient (Wildman–Crippen LogP) is 4.70. The number of nitrogens with zero attached hydrogens (tertiary/aromatic N) is 3. The van der Waals surface area contributed by atoms with E-state index < -0.39 is 18.1 Å². The van der Waals surface area contributed by atoms with Crippen molar-refractivity contribution < 1.29 is 19.5 Å². The van der Waals surface area contributed by atoms with Crippen LogP contribution >= 0.6 is 0 Å². The Balaban J connectivity index is 1.60. The maximum absolute atomic E-state index is 13.8. The molecule has 10 nitrogen and oxygen atoms in total. The molecule has 1 saturated carbocycles. The van der Waals surface area contributed by atoms with Crippen molar-refractivity contribution >= 4 is 28.8 Å². The fraction of sp³-hybridized carbons (Fsp3) is 0.533. The molecule has 2 atom stereocenters. The molecule has 3 aromatic rings. The molecule has 0 unspecified atom stereocenters. The highest BCUT2D eigenvalue weighted by Crippen LogP contribution is 2.26. The lowest BCUT2D eigenvalue weighted by Crippen LogP contribution is -2.53. The van der Waals surface area contributed by atoms with Gasteiger partial charge in [-0.25, -0.2) is 14.6 Å². The van der Waals surface area contributed by atoms with E-state index in [1.807, 2.05) is 55.9 Å². The number of carboxylic acids is 1. The lowest BCUT2D eigenvalue weighted by molar-refractivity contribution is -0.124. The third kappa shape index (κ3) is 6.66. The number of aryl methyl sites for hydroxylation is 2. The molecule has 0 radical (unpaired) electrons. The van der Waals surface area contributed by atoms with Gasteiger partial charge in [-0.2, -0.15) is 0 Å². The highest BCUT2D eigenvalue weighted by atomic mass is 16.4. The number of aromatic nitrogens is 3. The number of carbonyl (C=O) groups is 3. The van der Waals surface area contributed by atoms with Crippen molar-refractivity contribution in [2.24, 2.45) is 13.0 Å². The number of hydrogen-bond acceptors (Lipinski definition) is 4. The molecular formula is C30H42N6O4. The van der Waals surface area contributed by atoms with Crippen LogP contribution in [0.1, 0.15) is 86.0 Å². The third-order valence-corrected chi connectivity index (χ3v) is 7.92. The molecule has 1 fully saturated rings. The van der Waals surface area contributed by atoms with Gasteiger partial charge in [0.2, 0.25) is 5.91 Å². The van der Waals surface area contributed by atoms with Crippen LogP contribution in [0.15, 0.2) is 30.5 Å². The van der Waals surface area contributed by atoms with E-state index in [2.05, 4.69) is 20.6 Å². The van der Waals surface area contributed by atoms with Gasteiger partial charge in [0.25, 0.3) is 0 Å². The minimum atomic E-state index is -1.13. The van der Waals surface area contributed by atoms with E-state index >= 15 is 0 Å². The maximum Gasteiger partial charge on any atom is 0.356 e. The van der Waals surface area contributed by atoms with Crippen LogP contribution in [0, 0.1) is 12.8 Å². The summed E-state index contributed by atoms with van der Waals surface area (Å²) in [6, 6.07) is 6.55. The molecule has 4 rings (SSSR count). The molecule has 40 heavy (non-hydrogen) atoms. The molecule has 1 aromatic carbocycles. The molecule has 0 saturated heterocycles. The van der Waals surface area contributed by atoms with Gasteiger partial charge in [-0.3, -0.25) is 4.79 Å². The van der Waals surface area contributed by atoms with Crippen molar-refractivity contribution in [2.45, 2.75) is 83.8 Å². The number of carboxylic acid groups (broad SMARTS) is 1. The minimum absolute atomic E-state index is 0.0756. The second-order valence-corrected chi connectivity index (χ2v) is 11.5. The zero-order valence-electron chi connectivity index (χ0n) is 24.2. The molecule has 0 spiro atoms. The van der Waals surface area contributed by atoms with Gasteiger partial charge in [0, 0.05) is 49.4 Å². The van der Waals surface area contributed by atoms with Crippen LogP contribution in [0.4, 0.5) is 4.79 Å². The Morgan fingerprint density at radius 3 is 2.50 bits per heavy atom. The summed E-state index contributed by atoms with van der Waals surface area (Å²) in [5, 5.41) is 16.7. The quantitative estimate of drug-likeness (QED) is 0.291. The van der Waals surface area contributed by atoms with Crippen molar-refractivity contribution in [1.29, 1.82) is 0 Å². The van der Waals surface area contributed by atoms with E-state index in [0.717, 1.165) is 42.1 Å². The summed E-state index contributed by atoms with van der Waals surface area (Å²) in [5.74, 6) is -0.927. The van der Waals surface area contributed by atoms with Gasteiger partial charge in [0.05, 0.1) is 6.04 Å². The van der Waals surface area contributed by atoms with Gasteiger partial charge in [0.15, 0.2) is 5.69 Å². The lowest BCUT2D eigenvalue weighted by atomic mass is 9.94. The molecule has 216 valence electrons. The normalized spacial score (nSPS) is 15.7. The van der Waals surface area contributed by atoms with Crippen molar-refractivity contribution in [1.82, 2.24) is 30.1 Å². The SMILES string of the molecule is Cc1[nH]c([C@@H](Cc2cn(C)c3ccccc23)NC(=O)[C@H](CC(C)C)NC(=O)N(C)C2CCCCC2)nc1C(=O)O. The number of fused-ring (bicyclic) bond motifs is 1. The topological polar surface area (TPSA) is 132 Å². The van der Waals surface area contributed by atoms with Crippen LogP contribution in [0.5, 0.6) is 0 Å². The van der Waals surface area contributed by atoms with Crippen LogP contribution < -0.4 is 10.6 Å². The van der Waals surface area contributed by atoms with Gasteiger partial charge >= 0.3 is 12.0 Å². The molecule has 2 heterocycles. The molecule has 0 aliphatic heterocycles. The molecular weight excluding hydrogens is 508 g/mol. The standard InChI is InChI=1S/C30H42N6O4/c1-18(2)15-24(33-30(40)36(5)21-11-7-6-8-12-21)28(37)32-23(27-31-19(3)26(34-27)29(38)39)16-20-17-35(4)25-14-10-9-13-22(20)25/h9-10,13-14,17-18,21,23-24H,6-8,11-12,15-16H2,1-5H3,(H,31,34)(H,32,37)(H,33,40)(H,38,39)/t23-,24+/m1/s1. The zero-order valence-corrected chi connectivity index (χ0v) is 24.2. The van der Waals surface area contributed by atoms with Gasteiger partial charge < -0.3 is 30.2 Å². The fourth-order valence-corrected chi connectivity index (χ4v) is 5.74. The monoisotopic (exact) mass is 550 g/mol. The van der Waals surface area contributed by atoms with E-state index in [-0.39, 0.29) is 29.6 Å². The first kappa shape index (κ1) is 29.2. The van der Waals surface area contributed by atoms with E-state index in [4.69, 9.17) is 0 Å². The molecule has 1 aliphatic rings. The number of aromatic carboxylic acids is 1. The number of imidazole rings is 1. The average molecular weight is 551 g/mol. The largest absolute Gasteiger partial charge is 0.476 e. The summed E-state index contributed by atoms with van der Waals surface area (Å²) in [7, 11) is 3.77. The summed E-state index contributed by atoms with van der Waals surface area (Å²) < 4.78 is 2.03. The van der Waals surface area contributed by atoms with E-state index in [1.165, 1.54) is 6.42 Å². The minimum Gasteiger partial charge on any atom is -0.476 e. The highest BCUT2D eigenvalue weighted by molar-refractivity contribution is 5.88. The summed E-state index contributed by atoms with van der Waals surface area (Å²) in [5.41, 5.74) is 2.39. The average Bonchev–Trinajstić information content (AvgIpc) is 3.47. The summed E-state index contributed by atoms with van der Waals surface area (Å²) in [6.45, 7) is 5.68. The number of carbonyl (C=O) groups excluding carboxylic acids is 2. The second-order valence-electron chi connectivity index (χ2n) is 11.5. The number of nitrogens with one attached hydrogen (secondary N) is 3. The second kappa shape index (κ2) is 12.6. The van der Waals surface area contributed by atoms with Crippen LogP contribution in [0.3, 0.4) is 0 Å². The third-order valence-electron chi connectivity index (χ3n) is 7.92. The zero-order chi connectivity index (χ0) is 29.0. The number of rotatable bonds is 10. The van der Waals surface area contributed by atoms with Crippen LogP contribution in [-0.4, -0.2) is 61.6 Å². The van der Waals surface area contributed by atoms with Gasteiger partial charge in [0.1, 0.15) is 11.9 Å². The molecule has 1 aliphatic carbocycles. The van der Waals surface area contributed by atoms with E-state index in [1.54, 1.807) is 18.9 Å². The van der Waals surface area contributed by atoms with Crippen molar-refractivity contribution in [3.63, 3.8) is 0 Å². The predicted molar refractivity (Wildman–Crippen MR) is 154 cm³/mol. The number of para-hydroxylation sites is 1. The first-order valence-electron chi connectivity index (χ1n) is 14.2. The fourth-order valence-electron chi connectivity index (χ4n) is 5.74. The van der Waals surface area contributed by atoms with Crippen LogP contribution in [0.25, 0.3) is 10.9 Å². The maximum atomic E-state index is 13.8. The summed E-state index contributed by atoms with van der Waals surface area (Å²) in [4.78, 5) is 47.9. The number of H-pyrrole nitrogens is 1. The summed E-state index contributed by atoms with van der Waals surface area (Å²) >= 11 is 0. The number of aromatic amines is 1. The number of urea groups is 1. The first-order valence-corrected chi connectivity index (χ1v) is 14.2. The molecule has 10 heteroatoms. The Labute approximate surface area is 235 Å². The molecule has 2 aromatic heterocycles.